The fraction of sp³-hybridized carbons (Fsp3) is 0.600. The van der Waals surface area contributed by atoms with E-state index in [2.05, 4.69) is 39.0 Å². The predicted molar refractivity (Wildman–Crippen MR) is 78.7 cm³/mol. The average Bonchev–Trinajstić information content (AvgIpc) is 2.41. The van der Waals surface area contributed by atoms with Gasteiger partial charge in [-0.2, -0.15) is 0 Å². The number of hydrogen-bond acceptors (Lipinski definition) is 1. The molecule has 0 saturated heterocycles. The van der Waals surface area contributed by atoms with E-state index < -0.39 is 8.07 Å². The molecule has 0 aliphatic rings. The number of hydrogen-bond donors (Lipinski definition) is 0. The Kier molecular flexibility index (Phi) is 5.76. The van der Waals surface area contributed by atoms with E-state index in [1.165, 1.54) is 36.2 Å². The van der Waals surface area contributed by atoms with Gasteiger partial charge in [0.15, 0.2) is 0 Å². The van der Waals surface area contributed by atoms with Crippen molar-refractivity contribution in [1.29, 1.82) is 0 Å². The van der Waals surface area contributed by atoms with Crippen molar-refractivity contribution >= 4 is 8.07 Å². The normalized spacial score (nSPS) is 11.5. The molecule has 0 spiro atoms. The zero-order chi connectivity index (χ0) is 12.7. The van der Waals surface area contributed by atoms with Crippen LogP contribution in [0.25, 0.3) is 0 Å². The summed E-state index contributed by atoms with van der Waals surface area (Å²) in [6, 6.07) is 14.2. The number of benzene rings is 1. The molecular weight excluding hydrogens is 224 g/mol. The summed E-state index contributed by atoms with van der Waals surface area (Å²) in [6.45, 7) is 7.14. The first-order valence-electron chi connectivity index (χ1n) is 6.82. The maximum atomic E-state index is 5.28. The largest absolute Gasteiger partial charge is 0.497 e. The van der Waals surface area contributed by atoms with Gasteiger partial charge in [-0.3, -0.25) is 0 Å². The Hall–Kier alpha value is -0.763. The van der Waals surface area contributed by atoms with Crippen molar-refractivity contribution in [2.75, 3.05) is 7.11 Å². The Bertz CT molecular complexity index is 323. The zero-order valence-corrected chi connectivity index (χ0v) is 12.8. The summed E-state index contributed by atoms with van der Waals surface area (Å²) in [5, 5.41) is 0. The lowest BCUT2D eigenvalue weighted by Gasteiger charge is -2.28. The summed E-state index contributed by atoms with van der Waals surface area (Å²) in [5.74, 6) is 0.985. The van der Waals surface area contributed by atoms with Gasteiger partial charge in [0.1, 0.15) is 5.75 Å². The van der Waals surface area contributed by atoms with Crippen molar-refractivity contribution in [3.05, 3.63) is 29.8 Å². The van der Waals surface area contributed by atoms with Gasteiger partial charge in [-0.1, -0.05) is 57.1 Å². The van der Waals surface area contributed by atoms with E-state index in [0.717, 1.165) is 5.75 Å². The molecule has 2 heteroatoms. The van der Waals surface area contributed by atoms with Crippen LogP contribution in [-0.4, -0.2) is 15.2 Å². The van der Waals surface area contributed by atoms with Gasteiger partial charge in [0, 0.05) is 0 Å². The van der Waals surface area contributed by atoms with Crippen molar-refractivity contribution < 1.29 is 4.74 Å². The highest BCUT2D eigenvalue weighted by Gasteiger charge is 2.25. The van der Waals surface area contributed by atoms with E-state index in [1.807, 2.05) is 6.07 Å². The van der Waals surface area contributed by atoms with E-state index in [9.17, 15) is 0 Å². The summed E-state index contributed by atoms with van der Waals surface area (Å²) in [5.41, 5.74) is 1.43. The van der Waals surface area contributed by atoms with Crippen LogP contribution in [0.5, 0.6) is 5.75 Å². The van der Waals surface area contributed by atoms with Crippen LogP contribution < -0.4 is 4.74 Å². The molecule has 0 aliphatic heterocycles. The van der Waals surface area contributed by atoms with Crippen molar-refractivity contribution in [1.82, 2.24) is 0 Å². The monoisotopic (exact) mass is 250 g/mol. The third-order valence-electron chi connectivity index (χ3n) is 4.33. The molecule has 0 N–H and O–H groups in total. The molecule has 1 aromatic rings. The smallest absolute Gasteiger partial charge is 0.119 e. The highest BCUT2D eigenvalue weighted by molar-refractivity contribution is 6.79. The molecule has 17 heavy (non-hydrogen) atoms. The maximum Gasteiger partial charge on any atom is 0.119 e. The Balaban J connectivity index is 2.65. The molecule has 0 aromatic heterocycles. The SMILES string of the molecule is CC[Si](CC)(CC)CCc1cccc(OC)c1. The molecule has 0 saturated carbocycles. The fourth-order valence-electron chi connectivity index (χ4n) is 2.52. The Morgan fingerprint density at radius 2 is 1.71 bits per heavy atom. The molecule has 0 heterocycles. The van der Waals surface area contributed by atoms with Gasteiger partial charge in [0.25, 0.3) is 0 Å². The van der Waals surface area contributed by atoms with E-state index in [-0.39, 0.29) is 0 Å². The molecule has 0 radical (unpaired) electrons. The summed E-state index contributed by atoms with van der Waals surface area (Å²) in [7, 11) is 0.770. The van der Waals surface area contributed by atoms with Gasteiger partial charge in [-0.15, -0.1) is 0 Å². The molecule has 1 rings (SSSR count). The molecular formula is C15H26OSi. The van der Waals surface area contributed by atoms with Gasteiger partial charge in [0.2, 0.25) is 0 Å². The molecule has 0 amide bonds. The molecule has 1 aromatic carbocycles. The third-order valence-corrected chi connectivity index (χ3v) is 10.1. The Morgan fingerprint density at radius 1 is 1.06 bits per heavy atom. The molecule has 1 nitrogen and oxygen atoms in total. The van der Waals surface area contributed by atoms with Gasteiger partial charge < -0.3 is 4.74 Å². The van der Waals surface area contributed by atoms with Gasteiger partial charge in [-0.05, 0) is 24.1 Å². The number of methoxy groups -OCH3 is 1. The average molecular weight is 250 g/mol. The van der Waals surface area contributed by atoms with Crippen molar-refractivity contribution in [3.8, 4) is 5.75 Å². The van der Waals surface area contributed by atoms with Crippen LogP contribution in [0, 0.1) is 0 Å². The number of aryl methyl sites for hydroxylation is 1. The second-order valence-electron chi connectivity index (χ2n) is 4.91. The molecule has 0 bridgehead atoms. The van der Waals surface area contributed by atoms with Crippen LogP contribution in [0.4, 0.5) is 0 Å². The predicted octanol–water partition coefficient (Wildman–Crippen LogP) is 4.75. The fourth-order valence-corrected chi connectivity index (χ4v) is 5.90. The first-order valence-corrected chi connectivity index (χ1v) is 9.65. The van der Waals surface area contributed by atoms with Crippen molar-refractivity contribution in [2.45, 2.75) is 51.4 Å². The van der Waals surface area contributed by atoms with Crippen LogP contribution >= 0.6 is 0 Å². The minimum Gasteiger partial charge on any atom is -0.497 e. The van der Waals surface area contributed by atoms with E-state index in [0.29, 0.717) is 0 Å². The molecule has 96 valence electrons. The maximum absolute atomic E-state index is 5.28. The van der Waals surface area contributed by atoms with E-state index in [4.69, 9.17) is 4.74 Å². The van der Waals surface area contributed by atoms with Crippen LogP contribution in [0.2, 0.25) is 24.2 Å². The second-order valence-corrected chi connectivity index (χ2v) is 10.5. The Labute approximate surface area is 107 Å². The molecule has 0 atom stereocenters. The van der Waals surface area contributed by atoms with E-state index in [1.54, 1.807) is 7.11 Å². The number of ether oxygens (including phenoxy) is 1. The van der Waals surface area contributed by atoms with Crippen LogP contribution in [0.3, 0.4) is 0 Å². The lowest BCUT2D eigenvalue weighted by atomic mass is 10.2. The third kappa shape index (κ3) is 3.88. The van der Waals surface area contributed by atoms with Crippen molar-refractivity contribution in [3.63, 3.8) is 0 Å². The summed E-state index contributed by atoms with van der Waals surface area (Å²) in [6.07, 6.45) is 1.22. The minimum absolute atomic E-state index is 0.969. The van der Waals surface area contributed by atoms with E-state index >= 15 is 0 Å². The van der Waals surface area contributed by atoms with Crippen LogP contribution in [0.1, 0.15) is 26.3 Å². The minimum atomic E-state index is -0.969. The zero-order valence-electron chi connectivity index (χ0n) is 11.8. The quantitative estimate of drug-likeness (QED) is 0.635. The lowest BCUT2D eigenvalue weighted by molar-refractivity contribution is 0.414. The number of rotatable bonds is 7. The lowest BCUT2D eigenvalue weighted by Crippen LogP contribution is -2.31. The highest BCUT2D eigenvalue weighted by Crippen LogP contribution is 2.27. The second kappa shape index (κ2) is 6.85. The van der Waals surface area contributed by atoms with Gasteiger partial charge >= 0.3 is 0 Å². The van der Waals surface area contributed by atoms with Gasteiger partial charge in [-0.25, -0.2) is 0 Å². The highest BCUT2D eigenvalue weighted by atomic mass is 28.3. The first-order chi connectivity index (χ1) is 8.19. The molecule has 0 fully saturated rings. The van der Waals surface area contributed by atoms with Crippen molar-refractivity contribution in [2.24, 2.45) is 0 Å². The molecule has 0 aliphatic carbocycles. The molecule has 0 unspecified atom stereocenters. The first kappa shape index (κ1) is 14.3. The summed E-state index contributed by atoms with van der Waals surface area (Å²) in [4.78, 5) is 0. The van der Waals surface area contributed by atoms with Gasteiger partial charge in [0.05, 0.1) is 15.2 Å². The summed E-state index contributed by atoms with van der Waals surface area (Å²) < 4.78 is 5.28. The topological polar surface area (TPSA) is 9.23 Å². The standard InChI is InChI=1S/C15H26OSi/c1-5-17(6-2,7-3)12-11-14-9-8-10-15(13-14)16-4/h8-10,13H,5-7,11-12H2,1-4H3. The Morgan fingerprint density at radius 3 is 2.24 bits per heavy atom. The van der Waals surface area contributed by atoms with Crippen LogP contribution in [0.15, 0.2) is 24.3 Å². The summed E-state index contributed by atoms with van der Waals surface area (Å²) >= 11 is 0. The van der Waals surface area contributed by atoms with Crippen LogP contribution in [-0.2, 0) is 6.42 Å².